The number of carbonyl (C=O) groups excluding carboxylic acids is 2. The van der Waals surface area contributed by atoms with Gasteiger partial charge in [-0.15, -0.1) is 0 Å². The molecular weight excluding hydrogens is 464 g/mol. The minimum Gasteiger partial charge on any atom is -0.504 e. The predicted octanol–water partition coefficient (Wildman–Crippen LogP) is 4.63. The molecule has 3 aromatic carbocycles. The van der Waals surface area contributed by atoms with Gasteiger partial charge in [0.2, 0.25) is 0 Å². The fourth-order valence-corrected chi connectivity index (χ4v) is 3.14. The van der Waals surface area contributed by atoms with Crippen molar-refractivity contribution in [2.45, 2.75) is 13.2 Å². The summed E-state index contributed by atoms with van der Waals surface area (Å²) in [6, 6.07) is 16.6. The van der Waals surface area contributed by atoms with E-state index < -0.39 is 11.9 Å². The predicted molar refractivity (Wildman–Crippen MR) is 133 cm³/mol. The van der Waals surface area contributed by atoms with Gasteiger partial charge in [-0.05, 0) is 64.7 Å². The number of hydrogen-bond donors (Lipinski definition) is 2. The van der Waals surface area contributed by atoms with Gasteiger partial charge in [0.05, 0.1) is 14.2 Å². The topological polar surface area (TPSA) is 112 Å². The quantitative estimate of drug-likeness (QED) is 0.313. The van der Waals surface area contributed by atoms with Gasteiger partial charge in [0.1, 0.15) is 13.2 Å². The lowest BCUT2D eigenvalue weighted by molar-refractivity contribution is -0.139. The molecule has 8 nitrogen and oxygen atoms in total. The van der Waals surface area contributed by atoms with Crippen LogP contribution < -0.4 is 9.47 Å². The minimum absolute atomic E-state index is 0.0109. The van der Waals surface area contributed by atoms with Crippen molar-refractivity contribution >= 4 is 24.1 Å². The van der Waals surface area contributed by atoms with Gasteiger partial charge in [0.15, 0.2) is 23.0 Å². The lowest BCUT2D eigenvalue weighted by Gasteiger charge is -2.07. The average molecular weight is 491 g/mol. The largest absolute Gasteiger partial charge is 0.504 e. The van der Waals surface area contributed by atoms with Gasteiger partial charge in [0, 0.05) is 12.2 Å². The molecule has 0 heterocycles. The Kier molecular flexibility index (Phi) is 9.11. The number of ether oxygens (including phenoxy) is 4. The molecular formula is C28H26O8. The van der Waals surface area contributed by atoms with Gasteiger partial charge in [-0.1, -0.05) is 30.3 Å². The van der Waals surface area contributed by atoms with Crippen LogP contribution in [-0.2, 0) is 32.3 Å². The number of benzene rings is 3. The Labute approximate surface area is 208 Å². The average Bonchev–Trinajstić information content (AvgIpc) is 2.90. The Bertz CT molecular complexity index is 1180. The van der Waals surface area contributed by atoms with Crippen molar-refractivity contribution in [1.82, 2.24) is 0 Å². The third kappa shape index (κ3) is 7.66. The van der Waals surface area contributed by atoms with Crippen LogP contribution in [-0.4, -0.2) is 36.4 Å². The molecule has 2 N–H and O–H groups in total. The van der Waals surface area contributed by atoms with Crippen molar-refractivity contribution in [3.8, 4) is 23.0 Å². The molecule has 186 valence electrons. The maximum Gasteiger partial charge on any atom is 0.331 e. The van der Waals surface area contributed by atoms with E-state index in [1.807, 2.05) is 0 Å². The first kappa shape index (κ1) is 25.9. The molecule has 0 fully saturated rings. The van der Waals surface area contributed by atoms with Gasteiger partial charge >= 0.3 is 11.9 Å². The Morgan fingerprint density at radius 1 is 0.694 bits per heavy atom. The van der Waals surface area contributed by atoms with Crippen LogP contribution >= 0.6 is 0 Å². The van der Waals surface area contributed by atoms with E-state index in [1.165, 1.54) is 38.5 Å². The van der Waals surface area contributed by atoms with Crippen LogP contribution in [0.4, 0.5) is 0 Å². The van der Waals surface area contributed by atoms with Crippen molar-refractivity contribution in [1.29, 1.82) is 0 Å². The third-order valence-corrected chi connectivity index (χ3v) is 4.98. The molecule has 0 spiro atoms. The maximum absolute atomic E-state index is 12.1. The second-order valence-corrected chi connectivity index (χ2v) is 7.56. The van der Waals surface area contributed by atoms with Crippen molar-refractivity contribution in [3.63, 3.8) is 0 Å². The highest BCUT2D eigenvalue weighted by molar-refractivity contribution is 5.87. The van der Waals surface area contributed by atoms with Crippen molar-refractivity contribution in [2.75, 3.05) is 14.2 Å². The van der Waals surface area contributed by atoms with E-state index in [0.717, 1.165) is 11.1 Å². The summed E-state index contributed by atoms with van der Waals surface area (Å²) in [5.74, 6) is -0.434. The molecule has 0 saturated heterocycles. The first-order chi connectivity index (χ1) is 17.4. The molecule has 3 aromatic rings. The molecule has 3 rings (SSSR count). The van der Waals surface area contributed by atoms with Crippen LogP contribution in [0.2, 0.25) is 0 Å². The first-order valence-electron chi connectivity index (χ1n) is 10.9. The summed E-state index contributed by atoms with van der Waals surface area (Å²) in [6.45, 7) is 0.0961. The number of carbonyl (C=O) groups is 2. The highest BCUT2D eigenvalue weighted by atomic mass is 16.5. The Hall–Kier alpha value is -4.72. The molecule has 0 aliphatic heterocycles. The fourth-order valence-electron chi connectivity index (χ4n) is 3.14. The Balaban J connectivity index is 1.49. The van der Waals surface area contributed by atoms with Gasteiger partial charge in [-0.3, -0.25) is 0 Å². The second kappa shape index (κ2) is 12.7. The highest BCUT2D eigenvalue weighted by Gasteiger charge is 2.05. The number of rotatable bonds is 10. The standard InChI is InChI=1S/C28H26O8/c1-33-25-15-19(6-10-23(25)29)8-12-27(31)35-17-21-4-3-5-22(14-21)18-36-28(32)13-9-20-7-11-24(30)26(16-20)34-2/h3-16,29-30H,17-18H2,1-2H3. The van der Waals surface area contributed by atoms with Crippen LogP contribution in [0.5, 0.6) is 23.0 Å². The molecule has 0 amide bonds. The van der Waals surface area contributed by atoms with Crippen LogP contribution in [0, 0.1) is 0 Å². The number of phenolic OH excluding ortho intramolecular Hbond substituents is 2. The maximum atomic E-state index is 12.1. The number of phenols is 2. The smallest absolute Gasteiger partial charge is 0.331 e. The molecule has 0 aliphatic rings. The second-order valence-electron chi connectivity index (χ2n) is 7.56. The zero-order chi connectivity index (χ0) is 25.9. The van der Waals surface area contributed by atoms with Crippen LogP contribution in [0.1, 0.15) is 22.3 Å². The number of methoxy groups -OCH3 is 2. The third-order valence-electron chi connectivity index (χ3n) is 4.98. The molecule has 0 bridgehead atoms. The summed E-state index contributed by atoms with van der Waals surface area (Å²) in [7, 11) is 2.88. The summed E-state index contributed by atoms with van der Waals surface area (Å²) in [5, 5.41) is 19.3. The van der Waals surface area contributed by atoms with Gasteiger partial charge in [-0.25, -0.2) is 9.59 Å². The zero-order valence-corrected chi connectivity index (χ0v) is 19.8. The van der Waals surface area contributed by atoms with E-state index in [9.17, 15) is 19.8 Å². The van der Waals surface area contributed by atoms with Crippen molar-refractivity contribution in [2.24, 2.45) is 0 Å². The molecule has 36 heavy (non-hydrogen) atoms. The van der Waals surface area contributed by atoms with Crippen LogP contribution in [0.25, 0.3) is 12.2 Å². The van der Waals surface area contributed by atoms with E-state index in [1.54, 1.807) is 60.7 Å². The molecule has 0 radical (unpaired) electrons. The first-order valence-corrected chi connectivity index (χ1v) is 10.9. The Morgan fingerprint density at radius 2 is 1.14 bits per heavy atom. The van der Waals surface area contributed by atoms with E-state index in [2.05, 4.69) is 0 Å². The number of aromatic hydroxyl groups is 2. The molecule has 0 saturated carbocycles. The minimum atomic E-state index is -0.533. The fraction of sp³-hybridized carbons (Fsp3) is 0.143. The van der Waals surface area contributed by atoms with E-state index in [0.29, 0.717) is 22.6 Å². The van der Waals surface area contributed by atoms with Crippen molar-refractivity contribution < 1.29 is 38.7 Å². The summed E-state index contributed by atoms with van der Waals surface area (Å²) in [6.07, 6.45) is 5.69. The molecule has 0 atom stereocenters. The summed E-state index contributed by atoms with van der Waals surface area (Å²) >= 11 is 0. The lowest BCUT2D eigenvalue weighted by Crippen LogP contribution is -2.03. The van der Waals surface area contributed by atoms with E-state index in [4.69, 9.17) is 18.9 Å². The van der Waals surface area contributed by atoms with Crippen LogP contribution in [0.3, 0.4) is 0 Å². The van der Waals surface area contributed by atoms with Gasteiger partial charge < -0.3 is 29.2 Å². The zero-order valence-electron chi connectivity index (χ0n) is 19.8. The number of esters is 2. The van der Waals surface area contributed by atoms with Gasteiger partial charge in [0.25, 0.3) is 0 Å². The summed E-state index contributed by atoms with van der Waals surface area (Å²) < 4.78 is 20.6. The summed E-state index contributed by atoms with van der Waals surface area (Å²) in [4.78, 5) is 24.1. The molecule has 0 aromatic heterocycles. The van der Waals surface area contributed by atoms with Gasteiger partial charge in [-0.2, -0.15) is 0 Å². The van der Waals surface area contributed by atoms with Crippen LogP contribution in [0.15, 0.2) is 72.8 Å². The van der Waals surface area contributed by atoms with E-state index in [-0.39, 0.29) is 24.7 Å². The monoisotopic (exact) mass is 490 g/mol. The molecule has 0 aliphatic carbocycles. The Morgan fingerprint density at radius 3 is 1.56 bits per heavy atom. The normalized spacial score (nSPS) is 10.9. The molecule has 0 unspecified atom stereocenters. The SMILES string of the molecule is COc1cc(C=CC(=O)OCc2cccc(COC(=O)C=Cc3ccc(O)c(OC)c3)c2)ccc1O. The molecule has 8 heteroatoms. The number of hydrogen-bond acceptors (Lipinski definition) is 8. The highest BCUT2D eigenvalue weighted by Crippen LogP contribution is 2.27. The lowest BCUT2D eigenvalue weighted by atomic mass is 10.1. The summed E-state index contributed by atoms with van der Waals surface area (Å²) in [5.41, 5.74) is 2.82. The van der Waals surface area contributed by atoms with Crippen molar-refractivity contribution in [3.05, 3.63) is 95.1 Å². The van der Waals surface area contributed by atoms with E-state index >= 15 is 0 Å².